The lowest BCUT2D eigenvalue weighted by molar-refractivity contribution is 0.419. The number of ether oxygens (including phenoxy) is 1. The number of aryl methyl sites for hydroxylation is 1. The number of hydrogen-bond donors (Lipinski definition) is 0. The third kappa shape index (κ3) is 1.63. The number of methoxy groups -OCH3 is 1. The highest BCUT2D eigenvalue weighted by molar-refractivity contribution is 6.30. The Morgan fingerprint density at radius 3 is 2.80 bits per heavy atom. The van der Waals surface area contributed by atoms with E-state index in [0.717, 1.165) is 5.56 Å². The topological polar surface area (TPSA) is 22.1 Å². The van der Waals surface area contributed by atoms with Crippen LogP contribution in [0.1, 0.15) is 5.56 Å². The summed E-state index contributed by atoms with van der Waals surface area (Å²) >= 11 is 5.77. The van der Waals surface area contributed by atoms with Gasteiger partial charge in [-0.1, -0.05) is 17.7 Å². The highest BCUT2D eigenvalue weighted by Gasteiger charge is 2.11. The third-order valence-corrected chi connectivity index (χ3v) is 2.47. The highest BCUT2D eigenvalue weighted by Crippen LogP contribution is 2.31. The van der Waals surface area contributed by atoms with Gasteiger partial charge in [-0.2, -0.15) is 0 Å². The maximum Gasteiger partial charge on any atom is 0.149 e. The zero-order valence-electron chi connectivity index (χ0n) is 8.34. The molecular weight excluding hydrogens is 217 g/mol. The monoisotopic (exact) mass is 225 g/mol. The molecule has 1 aromatic carbocycles. The third-order valence-electron chi connectivity index (χ3n) is 2.27. The van der Waals surface area contributed by atoms with Crippen molar-refractivity contribution in [2.24, 2.45) is 0 Å². The minimum absolute atomic E-state index is 0.226. The van der Waals surface area contributed by atoms with Gasteiger partial charge < -0.3 is 4.74 Å². The predicted octanol–water partition coefficient (Wildman–Crippen LogP) is 3.34. The van der Waals surface area contributed by atoms with Gasteiger partial charge in [0, 0.05) is 11.5 Å². The second-order valence-corrected chi connectivity index (χ2v) is 3.62. The quantitative estimate of drug-likeness (QED) is 0.695. The number of benzene rings is 1. The summed E-state index contributed by atoms with van der Waals surface area (Å²) in [7, 11) is 1.52. The average molecular weight is 226 g/mol. The van der Waals surface area contributed by atoms with E-state index >= 15 is 0 Å². The zero-order chi connectivity index (χ0) is 11.0. The van der Waals surface area contributed by atoms with Crippen molar-refractivity contribution in [3.63, 3.8) is 0 Å². The van der Waals surface area contributed by atoms with Crippen molar-refractivity contribution in [2.75, 3.05) is 7.11 Å². The van der Waals surface area contributed by atoms with Gasteiger partial charge in [-0.25, -0.2) is 9.37 Å². The van der Waals surface area contributed by atoms with Crippen molar-refractivity contribution in [3.8, 4) is 5.75 Å². The predicted molar refractivity (Wildman–Crippen MR) is 58.0 cm³/mol. The lowest BCUT2D eigenvalue weighted by Gasteiger charge is -2.08. The Kier molecular flexibility index (Phi) is 2.49. The molecule has 1 heterocycles. The molecular formula is C11H9ClFNO. The Hall–Kier alpha value is -1.35. The first-order valence-electron chi connectivity index (χ1n) is 4.43. The highest BCUT2D eigenvalue weighted by atomic mass is 35.5. The maximum absolute atomic E-state index is 13.5. The first kappa shape index (κ1) is 10.2. The molecule has 4 heteroatoms. The lowest BCUT2D eigenvalue weighted by Crippen LogP contribution is -1.93. The number of hydrogen-bond acceptors (Lipinski definition) is 2. The molecule has 0 atom stereocenters. The Morgan fingerprint density at radius 1 is 1.40 bits per heavy atom. The van der Waals surface area contributed by atoms with Gasteiger partial charge in [-0.3, -0.25) is 0 Å². The average Bonchev–Trinajstić information content (AvgIpc) is 2.22. The van der Waals surface area contributed by atoms with Gasteiger partial charge in [0.15, 0.2) is 0 Å². The van der Waals surface area contributed by atoms with E-state index < -0.39 is 5.82 Å². The van der Waals surface area contributed by atoms with E-state index in [2.05, 4.69) is 4.98 Å². The number of fused-ring (bicyclic) bond motifs is 1. The largest absolute Gasteiger partial charge is 0.496 e. The normalized spacial score (nSPS) is 10.7. The van der Waals surface area contributed by atoms with Gasteiger partial charge in [-0.15, -0.1) is 0 Å². The molecule has 0 radical (unpaired) electrons. The molecule has 0 aliphatic carbocycles. The molecule has 0 saturated carbocycles. The number of pyridine rings is 1. The molecule has 2 aromatic rings. The molecule has 0 aliphatic heterocycles. The van der Waals surface area contributed by atoms with Crippen molar-refractivity contribution < 1.29 is 9.13 Å². The molecule has 1 aromatic heterocycles. The van der Waals surface area contributed by atoms with Crippen LogP contribution in [0.4, 0.5) is 4.39 Å². The van der Waals surface area contributed by atoms with Crippen LogP contribution in [-0.4, -0.2) is 12.1 Å². The number of aromatic nitrogens is 1. The summed E-state index contributed by atoms with van der Waals surface area (Å²) in [5.74, 6) is 0.151. The molecule has 15 heavy (non-hydrogen) atoms. The Morgan fingerprint density at radius 2 is 2.13 bits per heavy atom. The molecule has 2 nitrogen and oxygen atoms in total. The van der Waals surface area contributed by atoms with Crippen LogP contribution >= 0.6 is 11.6 Å². The fourth-order valence-corrected chi connectivity index (χ4v) is 1.75. The van der Waals surface area contributed by atoms with Crippen molar-refractivity contribution in [3.05, 3.63) is 34.7 Å². The van der Waals surface area contributed by atoms with Gasteiger partial charge in [-0.05, 0) is 18.6 Å². The van der Waals surface area contributed by atoms with Crippen molar-refractivity contribution in [2.45, 2.75) is 6.92 Å². The van der Waals surface area contributed by atoms with E-state index in [9.17, 15) is 4.39 Å². The molecule has 0 unspecified atom stereocenters. The molecule has 0 saturated heterocycles. The van der Waals surface area contributed by atoms with Crippen LogP contribution in [0.2, 0.25) is 5.15 Å². The van der Waals surface area contributed by atoms with Crippen LogP contribution in [0.15, 0.2) is 18.2 Å². The van der Waals surface area contributed by atoms with Crippen LogP contribution in [0, 0.1) is 12.7 Å². The second kappa shape index (κ2) is 3.66. The van der Waals surface area contributed by atoms with E-state index in [-0.39, 0.29) is 10.7 Å². The van der Waals surface area contributed by atoms with Crippen LogP contribution in [0.25, 0.3) is 10.9 Å². The first-order chi connectivity index (χ1) is 7.13. The van der Waals surface area contributed by atoms with Crippen LogP contribution in [0.5, 0.6) is 5.75 Å². The first-order valence-corrected chi connectivity index (χ1v) is 4.80. The summed E-state index contributed by atoms with van der Waals surface area (Å²) in [6.07, 6.45) is 0. The van der Waals surface area contributed by atoms with Crippen LogP contribution in [0.3, 0.4) is 0 Å². The maximum atomic E-state index is 13.5. The van der Waals surface area contributed by atoms with Crippen molar-refractivity contribution in [1.29, 1.82) is 0 Å². The summed E-state index contributed by atoms with van der Waals surface area (Å²) in [5, 5.41) is 0.894. The van der Waals surface area contributed by atoms with Gasteiger partial charge in [0.2, 0.25) is 0 Å². The Balaban J connectivity index is 2.95. The number of rotatable bonds is 1. The zero-order valence-corrected chi connectivity index (χ0v) is 9.10. The molecule has 2 rings (SSSR count). The van der Waals surface area contributed by atoms with E-state index in [1.807, 2.05) is 6.92 Å². The van der Waals surface area contributed by atoms with Gasteiger partial charge in [0.1, 0.15) is 22.2 Å². The van der Waals surface area contributed by atoms with Crippen molar-refractivity contribution >= 4 is 22.5 Å². The van der Waals surface area contributed by atoms with Gasteiger partial charge in [0.05, 0.1) is 7.11 Å². The summed E-state index contributed by atoms with van der Waals surface area (Å²) in [5.41, 5.74) is 1.16. The van der Waals surface area contributed by atoms with Gasteiger partial charge in [0.25, 0.3) is 0 Å². The molecule has 78 valence electrons. The molecule has 0 bridgehead atoms. The lowest BCUT2D eigenvalue weighted by atomic mass is 10.1. The minimum Gasteiger partial charge on any atom is -0.496 e. The van der Waals surface area contributed by atoms with Crippen LogP contribution in [-0.2, 0) is 0 Å². The van der Waals surface area contributed by atoms with E-state index in [0.29, 0.717) is 11.1 Å². The van der Waals surface area contributed by atoms with E-state index in [1.54, 1.807) is 12.1 Å². The molecule has 0 spiro atoms. The number of nitrogens with zero attached hydrogens (tertiary/aromatic N) is 1. The molecule has 0 fully saturated rings. The molecule has 0 amide bonds. The van der Waals surface area contributed by atoms with Gasteiger partial charge >= 0.3 is 0 Å². The molecule has 0 N–H and O–H groups in total. The van der Waals surface area contributed by atoms with E-state index in [1.165, 1.54) is 13.2 Å². The van der Waals surface area contributed by atoms with E-state index in [4.69, 9.17) is 16.3 Å². The fourth-order valence-electron chi connectivity index (χ4n) is 1.57. The minimum atomic E-state index is -0.392. The standard InChI is InChI=1S/C11H9ClFNO/c1-6-3-4-7(13)11-10(6)8(15-2)5-9(12)14-11/h3-5H,1-2H3. The molecule has 0 aliphatic rings. The smallest absolute Gasteiger partial charge is 0.149 e. The van der Waals surface area contributed by atoms with Crippen molar-refractivity contribution in [1.82, 2.24) is 4.98 Å². The summed E-state index contributed by atoms with van der Waals surface area (Å²) in [6, 6.07) is 4.65. The fraction of sp³-hybridized carbons (Fsp3) is 0.182. The SMILES string of the molecule is COc1cc(Cl)nc2c(F)ccc(C)c12. The Labute approximate surface area is 91.6 Å². The Bertz CT molecular complexity index is 527. The summed E-state index contributed by atoms with van der Waals surface area (Å²) in [4.78, 5) is 3.96. The van der Waals surface area contributed by atoms with Crippen LogP contribution < -0.4 is 4.74 Å². The summed E-state index contributed by atoms with van der Waals surface area (Å²) < 4.78 is 18.6. The second-order valence-electron chi connectivity index (χ2n) is 3.24. The number of halogens is 2. The summed E-state index contributed by atoms with van der Waals surface area (Å²) in [6.45, 7) is 1.87.